The fourth-order valence-electron chi connectivity index (χ4n) is 2.19. The van der Waals surface area contributed by atoms with E-state index in [4.69, 9.17) is 21.1 Å². The Bertz CT molecular complexity index is 770. The Kier molecular flexibility index (Phi) is 6.77. The van der Waals surface area contributed by atoms with E-state index in [1.54, 1.807) is 31.3 Å². The predicted octanol–water partition coefficient (Wildman–Crippen LogP) is 3.46. The minimum absolute atomic E-state index is 0.0854. The average Bonchev–Trinajstić information content (AvgIpc) is 3.05. The monoisotopic (exact) mass is 362 g/mol. The fraction of sp³-hybridized carbons (Fsp3) is 0.278. The number of nitrogens with one attached hydrogen (secondary N) is 1. The van der Waals surface area contributed by atoms with Gasteiger partial charge in [0.25, 0.3) is 0 Å². The van der Waals surface area contributed by atoms with Crippen LogP contribution in [0, 0.1) is 0 Å². The van der Waals surface area contributed by atoms with Gasteiger partial charge in [-0.15, -0.1) is 0 Å². The van der Waals surface area contributed by atoms with Crippen molar-refractivity contribution in [3.63, 3.8) is 0 Å². The second-order valence-electron chi connectivity index (χ2n) is 5.36. The summed E-state index contributed by atoms with van der Waals surface area (Å²) >= 11 is 6.11. The van der Waals surface area contributed by atoms with Gasteiger partial charge in [0.1, 0.15) is 6.04 Å². The smallest absolute Gasteiger partial charge is 0.326 e. The Morgan fingerprint density at radius 2 is 2.16 bits per heavy atom. The van der Waals surface area contributed by atoms with Crippen LogP contribution in [0.25, 0.3) is 11.3 Å². The van der Waals surface area contributed by atoms with Crippen molar-refractivity contribution in [1.29, 1.82) is 0 Å². The number of oxazole rings is 1. The maximum atomic E-state index is 11.9. The summed E-state index contributed by atoms with van der Waals surface area (Å²) in [5, 5.41) is 12.1. The zero-order valence-corrected chi connectivity index (χ0v) is 14.5. The highest BCUT2D eigenvalue weighted by Crippen LogP contribution is 2.28. The molecule has 2 N–H and O–H groups in total. The van der Waals surface area contributed by atoms with Gasteiger partial charge in [-0.2, -0.15) is 0 Å². The number of allylic oxidation sites excluding steroid dienone is 1. The predicted molar refractivity (Wildman–Crippen MR) is 94.3 cm³/mol. The van der Waals surface area contributed by atoms with Crippen LogP contribution in [0.2, 0.25) is 5.02 Å². The third kappa shape index (κ3) is 5.46. The maximum absolute atomic E-state index is 11.9. The average molecular weight is 363 g/mol. The lowest BCUT2D eigenvalue weighted by molar-refractivity contribution is -0.141. The first-order chi connectivity index (χ1) is 12.0. The van der Waals surface area contributed by atoms with Gasteiger partial charge < -0.3 is 14.8 Å². The Labute approximate surface area is 150 Å². The van der Waals surface area contributed by atoms with Crippen LogP contribution in [0.15, 0.2) is 47.0 Å². The van der Waals surface area contributed by atoms with E-state index in [2.05, 4.69) is 10.3 Å². The van der Waals surface area contributed by atoms with E-state index in [9.17, 15) is 9.59 Å². The number of halogens is 1. The van der Waals surface area contributed by atoms with Crippen LogP contribution >= 0.6 is 11.6 Å². The Morgan fingerprint density at radius 3 is 2.84 bits per heavy atom. The van der Waals surface area contributed by atoms with Crippen LogP contribution in [0.3, 0.4) is 0 Å². The number of nitrogens with zero attached hydrogens (tertiary/aromatic N) is 1. The van der Waals surface area contributed by atoms with Crippen LogP contribution in [-0.4, -0.2) is 28.0 Å². The molecule has 2 aromatic rings. The first kappa shape index (κ1) is 18.7. The minimum Gasteiger partial charge on any atom is -0.480 e. The van der Waals surface area contributed by atoms with E-state index < -0.39 is 12.0 Å². The molecule has 6 nitrogen and oxygen atoms in total. The summed E-state index contributed by atoms with van der Waals surface area (Å²) in [6, 6.07) is 6.29. The first-order valence-electron chi connectivity index (χ1n) is 7.84. The van der Waals surface area contributed by atoms with E-state index in [0.717, 1.165) is 5.56 Å². The van der Waals surface area contributed by atoms with E-state index in [1.165, 1.54) is 0 Å². The second kappa shape index (κ2) is 9.03. The number of amides is 1. The molecule has 132 valence electrons. The van der Waals surface area contributed by atoms with E-state index >= 15 is 0 Å². The number of benzene rings is 1. The van der Waals surface area contributed by atoms with Gasteiger partial charge in [-0.3, -0.25) is 4.79 Å². The number of aromatic nitrogens is 1. The lowest BCUT2D eigenvalue weighted by Crippen LogP contribution is -2.40. The molecule has 1 aromatic heterocycles. The zero-order valence-electron chi connectivity index (χ0n) is 13.7. The van der Waals surface area contributed by atoms with Gasteiger partial charge in [0.2, 0.25) is 5.91 Å². The van der Waals surface area contributed by atoms with Crippen molar-refractivity contribution < 1.29 is 19.1 Å². The number of aliphatic carboxylic acids is 1. The molecule has 0 aliphatic heterocycles. The molecule has 7 heteroatoms. The molecule has 0 aliphatic rings. The summed E-state index contributed by atoms with van der Waals surface area (Å²) in [6.07, 6.45) is 5.59. The van der Waals surface area contributed by atoms with Crippen LogP contribution in [0.5, 0.6) is 0 Å². The van der Waals surface area contributed by atoms with Gasteiger partial charge in [0.15, 0.2) is 11.7 Å². The van der Waals surface area contributed by atoms with Crippen LogP contribution in [0.4, 0.5) is 0 Å². The van der Waals surface area contributed by atoms with Gasteiger partial charge in [0.05, 0.1) is 11.2 Å². The van der Waals surface area contributed by atoms with Crippen molar-refractivity contribution in [2.75, 3.05) is 0 Å². The Hall–Kier alpha value is -2.60. The highest BCUT2D eigenvalue weighted by Gasteiger charge is 2.18. The number of hydrogen-bond donors (Lipinski definition) is 2. The lowest BCUT2D eigenvalue weighted by Gasteiger charge is -2.12. The Morgan fingerprint density at radius 1 is 1.40 bits per heavy atom. The molecule has 0 spiro atoms. The fourth-order valence-corrected chi connectivity index (χ4v) is 2.42. The van der Waals surface area contributed by atoms with Gasteiger partial charge in [-0.05, 0) is 25.5 Å². The van der Waals surface area contributed by atoms with Crippen molar-refractivity contribution in [2.24, 2.45) is 0 Å². The summed E-state index contributed by atoms with van der Waals surface area (Å²) in [7, 11) is 0. The number of rotatable bonds is 8. The van der Waals surface area contributed by atoms with E-state index in [0.29, 0.717) is 16.7 Å². The molecular formula is C18H19ClN2O4. The second-order valence-corrected chi connectivity index (χ2v) is 5.77. The van der Waals surface area contributed by atoms with Crippen molar-refractivity contribution in [1.82, 2.24) is 10.3 Å². The van der Waals surface area contributed by atoms with Crippen molar-refractivity contribution in [2.45, 2.75) is 32.2 Å². The summed E-state index contributed by atoms with van der Waals surface area (Å²) in [6.45, 7) is 1.79. The molecule has 1 amide bonds. The molecule has 25 heavy (non-hydrogen) atoms. The molecule has 1 atom stereocenters. The van der Waals surface area contributed by atoms with Gasteiger partial charge >= 0.3 is 5.97 Å². The number of hydrogen-bond acceptors (Lipinski definition) is 4. The molecule has 1 heterocycles. The highest BCUT2D eigenvalue weighted by molar-refractivity contribution is 6.33. The number of carbonyl (C=O) groups is 2. The molecule has 0 bridgehead atoms. The summed E-state index contributed by atoms with van der Waals surface area (Å²) in [5.74, 6) is -0.513. The first-order valence-corrected chi connectivity index (χ1v) is 8.22. The molecule has 0 saturated carbocycles. The van der Waals surface area contributed by atoms with Crippen LogP contribution < -0.4 is 5.32 Å². The van der Waals surface area contributed by atoms with E-state index in [-0.39, 0.29) is 25.2 Å². The van der Waals surface area contributed by atoms with E-state index in [1.807, 2.05) is 18.2 Å². The zero-order chi connectivity index (χ0) is 18.2. The SMILES string of the molecule is C/C=C/CC(NC(=O)CCc1ncc(-c2ccccc2Cl)o1)C(=O)O. The number of carbonyl (C=O) groups excluding carboxylic acids is 1. The summed E-state index contributed by atoms with van der Waals surface area (Å²) in [5.41, 5.74) is 0.727. The Balaban J connectivity index is 1.92. The van der Waals surface area contributed by atoms with Crippen molar-refractivity contribution >= 4 is 23.5 Å². The van der Waals surface area contributed by atoms with Gasteiger partial charge in [-0.25, -0.2) is 9.78 Å². The highest BCUT2D eigenvalue weighted by atomic mass is 35.5. The number of aryl methyl sites for hydroxylation is 1. The molecule has 2 rings (SSSR count). The molecule has 0 saturated heterocycles. The molecular weight excluding hydrogens is 344 g/mol. The topological polar surface area (TPSA) is 92.4 Å². The lowest BCUT2D eigenvalue weighted by atomic mass is 10.2. The van der Waals surface area contributed by atoms with Crippen molar-refractivity contribution in [3.05, 3.63) is 53.5 Å². The quantitative estimate of drug-likeness (QED) is 0.701. The van der Waals surface area contributed by atoms with Gasteiger partial charge in [0, 0.05) is 18.4 Å². The van der Waals surface area contributed by atoms with Crippen molar-refractivity contribution in [3.8, 4) is 11.3 Å². The van der Waals surface area contributed by atoms with Crippen LogP contribution in [-0.2, 0) is 16.0 Å². The molecule has 1 aromatic carbocycles. The molecule has 0 radical (unpaired) electrons. The standard InChI is InChI=1S/C18H19ClN2O4/c1-2-3-8-14(18(23)24)21-16(22)9-10-17-20-11-15(25-17)12-6-4-5-7-13(12)19/h2-7,11,14H,8-10H2,1H3,(H,21,22)(H,23,24)/b3-2+. The number of carboxylic acids is 1. The largest absolute Gasteiger partial charge is 0.480 e. The number of carboxylic acid groups (broad SMARTS) is 1. The normalized spacial score (nSPS) is 12.2. The van der Waals surface area contributed by atoms with Gasteiger partial charge in [-0.1, -0.05) is 35.9 Å². The third-order valence-electron chi connectivity index (χ3n) is 3.50. The molecule has 0 fully saturated rings. The minimum atomic E-state index is -1.07. The summed E-state index contributed by atoms with van der Waals surface area (Å²) in [4.78, 5) is 27.2. The molecule has 1 unspecified atom stereocenters. The maximum Gasteiger partial charge on any atom is 0.326 e. The molecule has 0 aliphatic carbocycles. The third-order valence-corrected chi connectivity index (χ3v) is 3.83. The summed E-state index contributed by atoms with van der Waals surface area (Å²) < 4.78 is 5.62. The van der Waals surface area contributed by atoms with Crippen LogP contribution in [0.1, 0.15) is 25.7 Å².